The Morgan fingerprint density at radius 1 is 1.18 bits per heavy atom. The van der Waals surface area contributed by atoms with E-state index >= 15 is 0 Å². The third kappa shape index (κ3) is 4.12. The molecule has 0 spiro atoms. The molecule has 22 heavy (non-hydrogen) atoms. The molecule has 0 aliphatic rings. The standard InChI is InChI=1S/C18H18N2OS/c1-12-7-8-17(9-13(12)2)22-14(3)18(21)20-16-6-4-5-15(10-16)11-19/h4-10,14H,1-3H3,(H,20,21)/t14-/m1/s1. The predicted octanol–water partition coefficient (Wildman–Crippen LogP) is 4.29. The van der Waals surface area contributed by atoms with E-state index in [0.29, 0.717) is 11.3 Å². The summed E-state index contributed by atoms with van der Waals surface area (Å²) >= 11 is 1.53. The SMILES string of the molecule is Cc1ccc(S[C@H](C)C(=O)Nc2cccc(C#N)c2)cc1C. The van der Waals surface area contributed by atoms with Gasteiger partial charge in [-0.2, -0.15) is 5.26 Å². The van der Waals surface area contributed by atoms with Crippen molar-refractivity contribution in [1.82, 2.24) is 0 Å². The number of hydrogen-bond acceptors (Lipinski definition) is 3. The minimum absolute atomic E-state index is 0.0710. The number of hydrogen-bond donors (Lipinski definition) is 1. The van der Waals surface area contributed by atoms with Crippen LogP contribution < -0.4 is 5.32 Å². The van der Waals surface area contributed by atoms with Crippen molar-refractivity contribution in [3.63, 3.8) is 0 Å². The molecule has 1 atom stereocenters. The van der Waals surface area contributed by atoms with Crippen molar-refractivity contribution in [2.45, 2.75) is 30.9 Å². The number of rotatable bonds is 4. The van der Waals surface area contributed by atoms with Crippen LogP contribution in [0.1, 0.15) is 23.6 Å². The summed E-state index contributed by atoms with van der Waals surface area (Å²) in [5, 5.41) is 11.5. The summed E-state index contributed by atoms with van der Waals surface area (Å²) < 4.78 is 0. The molecule has 2 aromatic rings. The van der Waals surface area contributed by atoms with Gasteiger partial charge in [0.25, 0.3) is 0 Å². The van der Waals surface area contributed by atoms with Gasteiger partial charge in [0.2, 0.25) is 5.91 Å². The zero-order valence-electron chi connectivity index (χ0n) is 12.9. The maximum Gasteiger partial charge on any atom is 0.237 e. The average Bonchev–Trinajstić information content (AvgIpc) is 2.51. The second-order valence-electron chi connectivity index (χ2n) is 5.19. The molecular weight excluding hydrogens is 292 g/mol. The quantitative estimate of drug-likeness (QED) is 0.857. The first-order chi connectivity index (χ1) is 10.5. The number of carbonyl (C=O) groups excluding carboxylic acids is 1. The molecule has 0 aromatic heterocycles. The first-order valence-electron chi connectivity index (χ1n) is 7.04. The van der Waals surface area contributed by atoms with Crippen molar-refractivity contribution in [3.8, 4) is 6.07 Å². The molecule has 0 saturated carbocycles. The Hall–Kier alpha value is -2.25. The van der Waals surface area contributed by atoms with Gasteiger partial charge in [0.05, 0.1) is 16.9 Å². The number of amides is 1. The number of nitrogens with one attached hydrogen (secondary N) is 1. The monoisotopic (exact) mass is 310 g/mol. The lowest BCUT2D eigenvalue weighted by molar-refractivity contribution is -0.115. The normalized spacial score (nSPS) is 11.5. The van der Waals surface area contributed by atoms with Crippen molar-refractivity contribution in [1.29, 1.82) is 5.26 Å². The molecule has 0 unspecified atom stereocenters. The van der Waals surface area contributed by atoms with Gasteiger partial charge in [-0.25, -0.2) is 0 Å². The van der Waals surface area contributed by atoms with Gasteiger partial charge < -0.3 is 5.32 Å². The highest BCUT2D eigenvalue weighted by molar-refractivity contribution is 8.00. The van der Waals surface area contributed by atoms with E-state index in [1.807, 2.05) is 13.0 Å². The van der Waals surface area contributed by atoms with E-state index in [1.165, 1.54) is 22.9 Å². The van der Waals surface area contributed by atoms with Gasteiger partial charge in [0, 0.05) is 10.6 Å². The van der Waals surface area contributed by atoms with Crippen LogP contribution in [-0.2, 0) is 4.79 Å². The molecule has 0 radical (unpaired) electrons. The average molecular weight is 310 g/mol. The molecule has 0 fully saturated rings. The topological polar surface area (TPSA) is 52.9 Å². The van der Waals surface area contributed by atoms with Gasteiger partial charge in [0.15, 0.2) is 0 Å². The van der Waals surface area contributed by atoms with Crippen LogP contribution in [-0.4, -0.2) is 11.2 Å². The number of thioether (sulfide) groups is 1. The van der Waals surface area contributed by atoms with E-state index < -0.39 is 0 Å². The predicted molar refractivity (Wildman–Crippen MR) is 91.0 cm³/mol. The molecular formula is C18H18N2OS. The highest BCUT2D eigenvalue weighted by atomic mass is 32.2. The summed E-state index contributed by atoms with van der Waals surface area (Å²) in [6, 6.07) is 15.2. The first kappa shape index (κ1) is 16.1. The first-order valence-corrected chi connectivity index (χ1v) is 7.92. The van der Waals surface area contributed by atoms with Gasteiger partial charge in [0.1, 0.15) is 0 Å². The molecule has 3 nitrogen and oxygen atoms in total. The van der Waals surface area contributed by atoms with E-state index in [1.54, 1.807) is 24.3 Å². The lowest BCUT2D eigenvalue weighted by atomic mass is 10.1. The third-order valence-electron chi connectivity index (χ3n) is 3.42. The highest BCUT2D eigenvalue weighted by Crippen LogP contribution is 2.26. The molecule has 4 heteroatoms. The fourth-order valence-corrected chi connectivity index (χ4v) is 2.92. The molecule has 1 amide bonds. The van der Waals surface area contributed by atoms with E-state index in [4.69, 9.17) is 5.26 Å². The van der Waals surface area contributed by atoms with Crippen LogP contribution in [0.25, 0.3) is 0 Å². The highest BCUT2D eigenvalue weighted by Gasteiger charge is 2.15. The second kappa shape index (κ2) is 7.15. The van der Waals surface area contributed by atoms with Crippen LogP contribution in [0.4, 0.5) is 5.69 Å². The molecule has 0 aliphatic carbocycles. The smallest absolute Gasteiger partial charge is 0.237 e. The number of nitriles is 1. The van der Waals surface area contributed by atoms with E-state index in [2.05, 4.69) is 37.4 Å². The van der Waals surface area contributed by atoms with Crippen LogP contribution in [0.2, 0.25) is 0 Å². The Labute approximate surface area is 135 Å². The lowest BCUT2D eigenvalue weighted by Crippen LogP contribution is -2.22. The fourth-order valence-electron chi connectivity index (χ4n) is 1.96. The second-order valence-corrected chi connectivity index (χ2v) is 6.60. The minimum Gasteiger partial charge on any atom is -0.325 e. The maximum atomic E-state index is 12.3. The van der Waals surface area contributed by atoms with Gasteiger partial charge in [-0.3, -0.25) is 4.79 Å². The molecule has 112 valence electrons. The zero-order valence-corrected chi connectivity index (χ0v) is 13.7. The summed E-state index contributed by atoms with van der Waals surface area (Å²) in [6.07, 6.45) is 0. The number of carbonyl (C=O) groups is 1. The molecule has 2 aromatic carbocycles. The van der Waals surface area contributed by atoms with Crippen molar-refractivity contribution >= 4 is 23.4 Å². The number of anilines is 1. The number of benzene rings is 2. The fraction of sp³-hybridized carbons (Fsp3) is 0.222. The summed E-state index contributed by atoms with van der Waals surface area (Å²) in [6.45, 7) is 6.02. The van der Waals surface area contributed by atoms with Gasteiger partial charge in [-0.1, -0.05) is 12.1 Å². The van der Waals surface area contributed by atoms with Crippen LogP contribution in [0.15, 0.2) is 47.4 Å². The molecule has 0 heterocycles. The van der Waals surface area contributed by atoms with Gasteiger partial charge >= 0.3 is 0 Å². The van der Waals surface area contributed by atoms with Crippen molar-refractivity contribution in [2.24, 2.45) is 0 Å². The van der Waals surface area contributed by atoms with Crippen LogP contribution >= 0.6 is 11.8 Å². The largest absolute Gasteiger partial charge is 0.325 e. The maximum absolute atomic E-state index is 12.3. The third-order valence-corrected chi connectivity index (χ3v) is 4.51. The Morgan fingerprint density at radius 2 is 1.95 bits per heavy atom. The summed E-state index contributed by atoms with van der Waals surface area (Å²) in [5.41, 5.74) is 3.65. The summed E-state index contributed by atoms with van der Waals surface area (Å²) in [5.74, 6) is -0.0710. The van der Waals surface area contributed by atoms with E-state index in [0.717, 1.165) is 4.90 Å². The minimum atomic E-state index is -0.215. The van der Waals surface area contributed by atoms with Crippen LogP contribution in [0.5, 0.6) is 0 Å². The van der Waals surface area contributed by atoms with E-state index in [-0.39, 0.29) is 11.2 Å². The Kier molecular flexibility index (Phi) is 5.24. The lowest BCUT2D eigenvalue weighted by Gasteiger charge is -2.13. The van der Waals surface area contributed by atoms with Gasteiger partial charge in [-0.05, 0) is 62.2 Å². The van der Waals surface area contributed by atoms with E-state index in [9.17, 15) is 4.79 Å². The molecule has 0 saturated heterocycles. The Bertz CT molecular complexity index is 734. The van der Waals surface area contributed by atoms with Gasteiger partial charge in [-0.15, -0.1) is 11.8 Å². The van der Waals surface area contributed by atoms with Crippen molar-refractivity contribution < 1.29 is 4.79 Å². The van der Waals surface area contributed by atoms with Crippen molar-refractivity contribution in [2.75, 3.05) is 5.32 Å². The Balaban J connectivity index is 2.02. The number of aryl methyl sites for hydroxylation is 2. The molecule has 1 N–H and O–H groups in total. The van der Waals surface area contributed by atoms with Crippen LogP contribution in [0.3, 0.4) is 0 Å². The van der Waals surface area contributed by atoms with Crippen molar-refractivity contribution in [3.05, 3.63) is 59.2 Å². The Morgan fingerprint density at radius 3 is 2.64 bits per heavy atom. The molecule has 0 bridgehead atoms. The summed E-state index contributed by atoms with van der Waals surface area (Å²) in [4.78, 5) is 13.3. The molecule has 0 aliphatic heterocycles. The zero-order chi connectivity index (χ0) is 16.1. The molecule has 2 rings (SSSR count). The number of nitrogens with zero attached hydrogens (tertiary/aromatic N) is 1. The van der Waals surface area contributed by atoms with Crippen LogP contribution in [0, 0.1) is 25.2 Å². The summed E-state index contributed by atoms with van der Waals surface area (Å²) in [7, 11) is 0.